The van der Waals surface area contributed by atoms with Gasteiger partial charge in [0.15, 0.2) is 0 Å². The van der Waals surface area contributed by atoms with Crippen molar-refractivity contribution in [3.63, 3.8) is 0 Å². The van der Waals surface area contributed by atoms with Crippen LogP contribution in [0.15, 0.2) is 12.2 Å². The fraction of sp³-hybridized carbons (Fsp3) is 0.692. The van der Waals surface area contributed by atoms with Gasteiger partial charge in [-0.15, -0.1) is 0 Å². The minimum atomic E-state index is -0.595. The van der Waals surface area contributed by atoms with E-state index in [-0.39, 0.29) is 18.0 Å². The highest BCUT2D eigenvalue weighted by Gasteiger charge is 2.49. The highest BCUT2D eigenvalue weighted by atomic mass is 16.6. The first-order valence-corrected chi connectivity index (χ1v) is 6.12. The molecular weight excluding hydrogens is 220 g/mol. The maximum Gasteiger partial charge on any atom is 0.333 e. The Bertz CT molecular complexity index is 352. The van der Waals surface area contributed by atoms with Gasteiger partial charge in [-0.3, -0.25) is 4.79 Å². The highest BCUT2D eigenvalue weighted by Crippen LogP contribution is 2.41. The number of cyclic esters (lactones) is 1. The van der Waals surface area contributed by atoms with Crippen molar-refractivity contribution in [1.29, 1.82) is 0 Å². The normalized spacial score (nSPS) is 26.6. The Morgan fingerprint density at radius 1 is 1.47 bits per heavy atom. The molecule has 1 saturated carbocycles. The van der Waals surface area contributed by atoms with Crippen LogP contribution >= 0.6 is 0 Å². The van der Waals surface area contributed by atoms with Crippen molar-refractivity contribution in [1.82, 2.24) is 0 Å². The number of esters is 2. The van der Waals surface area contributed by atoms with E-state index in [1.54, 1.807) is 6.92 Å². The molecule has 0 aromatic carbocycles. The average Bonchev–Trinajstić information content (AvgIpc) is 2.87. The summed E-state index contributed by atoms with van der Waals surface area (Å²) in [7, 11) is 0. The Morgan fingerprint density at radius 3 is 2.59 bits per heavy atom. The lowest BCUT2D eigenvalue weighted by molar-refractivity contribution is -0.175. The Balaban J connectivity index is 2.12. The first kappa shape index (κ1) is 12.1. The molecule has 4 heteroatoms. The minimum Gasteiger partial charge on any atom is -0.458 e. The van der Waals surface area contributed by atoms with Crippen molar-refractivity contribution in [2.75, 3.05) is 0 Å². The first-order chi connectivity index (χ1) is 8.03. The first-order valence-electron chi connectivity index (χ1n) is 6.12. The van der Waals surface area contributed by atoms with Crippen LogP contribution in [0.3, 0.4) is 0 Å². The van der Waals surface area contributed by atoms with E-state index in [1.165, 1.54) is 0 Å². The molecule has 0 amide bonds. The number of ether oxygens (including phenoxy) is 2. The molecule has 94 valence electrons. The number of carbonyl (C=O) groups excluding carboxylic acids is 2. The predicted molar refractivity (Wildman–Crippen MR) is 61.2 cm³/mol. The lowest BCUT2D eigenvalue weighted by Gasteiger charge is -2.33. The fourth-order valence-corrected chi connectivity index (χ4v) is 2.63. The molecule has 0 aromatic heterocycles. The smallest absolute Gasteiger partial charge is 0.333 e. The molecule has 0 aromatic rings. The van der Waals surface area contributed by atoms with Crippen LogP contribution < -0.4 is 0 Å². The summed E-state index contributed by atoms with van der Waals surface area (Å²) in [6, 6.07) is 0. The summed E-state index contributed by atoms with van der Waals surface area (Å²) in [6.07, 6.45) is 4.41. The zero-order valence-corrected chi connectivity index (χ0v) is 10.2. The molecule has 17 heavy (non-hydrogen) atoms. The van der Waals surface area contributed by atoms with Crippen LogP contribution in [-0.2, 0) is 19.1 Å². The van der Waals surface area contributed by atoms with E-state index < -0.39 is 5.60 Å². The summed E-state index contributed by atoms with van der Waals surface area (Å²) in [5, 5.41) is 0. The Morgan fingerprint density at radius 2 is 2.12 bits per heavy atom. The molecule has 0 spiro atoms. The van der Waals surface area contributed by atoms with Gasteiger partial charge < -0.3 is 9.47 Å². The van der Waals surface area contributed by atoms with Gasteiger partial charge in [-0.25, -0.2) is 4.79 Å². The third-order valence-corrected chi connectivity index (χ3v) is 3.57. The SMILES string of the molecule is C=C(C)C(=O)OC1(C2CCC(=O)O2)CCCC1. The number of carbonyl (C=O) groups is 2. The van der Waals surface area contributed by atoms with Gasteiger partial charge in [-0.05, 0) is 39.0 Å². The number of hydrogen-bond acceptors (Lipinski definition) is 4. The van der Waals surface area contributed by atoms with Crippen molar-refractivity contribution < 1.29 is 19.1 Å². The predicted octanol–water partition coefficient (Wildman–Crippen LogP) is 2.12. The molecule has 1 aliphatic heterocycles. The molecule has 2 fully saturated rings. The molecule has 1 atom stereocenters. The topological polar surface area (TPSA) is 52.6 Å². The molecule has 1 saturated heterocycles. The van der Waals surface area contributed by atoms with Crippen molar-refractivity contribution in [2.24, 2.45) is 0 Å². The van der Waals surface area contributed by atoms with Crippen LogP contribution in [0.25, 0.3) is 0 Å². The third kappa shape index (κ3) is 2.35. The minimum absolute atomic E-state index is 0.187. The second-order valence-electron chi connectivity index (χ2n) is 4.96. The summed E-state index contributed by atoms with van der Waals surface area (Å²) >= 11 is 0. The van der Waals surface area contributed by atoms with Crippen LogP contribution in [0.1, 0.15) is 45.4 Å². The molecule has 1 aliphatic carbocycles. The summed E-state index contributed by atoms with van der Waals surface area (Å²) in [5.41, 5.74) is -0.206. The lowest BCUT2D eigenvalue weighted by Crippen LogP contribution is -2.44. The standard InChI is InChI=1S/C13H18O4/c1-9(2)12(15)17-13(7-3-4-8-13)10-5-6-11(14)16-10/h10H,1,3-8H2,2H3. The number of rotatable bonds is 3. The summed E-state index contributed by atoms with van der Waals surface area (Å²) in [6.45, 7) is 5.22. The fourth-order valence-electron chi connectivity index (χ4n) is 2.63. The third-order valence-electron chi connectivity index (χ3n) is 3.57. The molecule has 0 N–H and O–H groups in total. The van der Waals surface area contributed by atoms with Gasteiger partial charge in [0.1, 0.15) is 11.7 Å². The largest absolute Gasteiger partial charge is 0.458 e. The molecule has 0 radical (unpaired) electrons. The summed E-state index contributed by atoms with van der Waals surface area (Å²) in [4.78, 5) is 22.9. The molecule has 1 heterocycles. The second kappa shape index (κ2) is 4.51. The van der Waals surface area contributed by atoms with Crippen molar-refractivity contribution >= 4 is 11.9 Å². The van der Waals surface area contributed by atoms with E-state index in [2.05, 4.69) is 6.58 Å². The molecule has 4 nitrogen and oxygen atoms in total. The molecule has 2 rings (SSSR count). The number of hydrogen-bond donors (Lipinski definition) is 0. The Labute approximate surface area is 101 Å². The van der Waals surface area contributed by atoms with Gasteiger partial charge in [0.2, 0.25) is 0 Å². The van der Waals surface area contributed by atoms with Crippen LogP contribution in [0.5, 0.6) is 0 Å². The van der Waals surface area contributed by atoms with Crippen LogP contribution in [0.2, 0.25) is 0 Å². The maximum atomic E-state index is 11.7. The summed E-state index contributed by atoms with van der Waals surface area (Å²) in [5.74, 6) is -0.567. The van der Waals surface area contributed by atoms with E-state index in [0.29, 0.717) is 18.4 Å². The van der Waals surface area contributed by atoms with Gasteiger partial charge in [0, 0.05) is 12.0 Å². The van der Waals surface area contributed by atoms with Gasteiger partial charge in [-0.2, -0.15) is 0 Å². The second-order valence-corrected chi connectivity index (χ2v) is 4.96. The molecule has 0 bridgehead atoms. The van der Waals surface area contributed by atoms with Crippen LogP contribution in [0, 0.1) is 0 Å². The zero-order chi connectivity index (χ0) is 12.5. The van der Waals surface area contributed by atoms with E-state index in [0.717, 1.165) is 25.7 Å². The Kier molecular flexibility index (Phi) is 3.22. The maximum absolute atomic E-state index is 11.7. The van der Waals surface area contributed by atoms with E-state index >= 15 is 0 Å². The van der Waals surface area contributed by atoms with E-state index in [4.69, 9.17) is 9.47 Å². The zero-order valence-electron chi connectivity index (χ0n) is 10.2. The lowest BCUT2D eigenvalue weighted by atomic mass is 9.92. The monoisotopic (exact) mass is 238 g/mol. The van der Waals surface area contributed by atoms with Crippen LogP contribution in [-0.4, -0.2) is 23.6 Å². The van der Waals surface area contributed by atoms with E-state index in [9.17, 15) is 9.59 Å². The quantitative estimate of drug-likeness (QED) is 0.558. The van der Waals surface area contributed by atoms with Gasteiger partial charge in [0.25, 0.3) is 0 Å². The Hall–Kier alpha value is -1.32. The highest BCUT2D eigenvalue weighted by molar-refractivity contribution is 5.87. The molecular formula is C13H18O4. The van der Waals surface area contributed by atoms with Gasteiger partial charge in [0.05, 0.1) is 0 Å². The van der Waals surface area contributed by atoms with Crippen molar-refractivity contribution in [2.45, 2.75) is 57.2 Å². The van der Waals surface area contributed by atoms with Crippen LogP contribution in [0.4, 0.5) is 0 Å². The van der Waals surface area contributed by atoms with Gasteiger partial charge >= 0.3 is 11.9 Å². The average molecular weight is 238 g/mol. The van der Waals surface area contributed by atoms with Gasteiger partial charge in [-0.1, -0.05) is 6.58 Å². The molecule has 2 aliphatic rings. The summed E-state index contributed by atoms with van der Waals surface area (Å²) < 4.78 is 10.9. The molecule has 1 unspecified atom stereocenters. The van der Waals surface area contributed by atoms with Crippen molar-refractivity contribution in [3.05, 3.63) is 12.2 Å². The van der Waals surface area contributed by atoms with E-state index in [1.807, 2.05) is 0 Å². The van der Waals surface area contributed by atoms with Crippen molar-refractivity contribution in [3.8, 4) is 0 Å².